The second-order valence-corrected chi connectivity index (χ2v) is 12.7. The van der Waals surface area contributed by atoms with Crippen molar-refractivity contribution >= 4 is 13.7 Å². The monoisotopic (exact) mass is 589 g/mol. The quantitative estimate of drug-likeness (QED) is 0.0378. The van der Waals surface area contributed by atoms with E-state index in [0.29, 0.717) is 6.42 Å². The molecule has 1 amide bonds. The van der Waals surface area contributed by atoms with Gasteiger partial charge in [0.1, 0.15) is 0 Å². The van der Waals surface area contributed by atoms with Crippen LogP contribution in [0, 0.1) is 0 Å². The summed E-state index contributed by atoms with van der Waals surface area (Å²) in [6.45, 7) is 4.02. The summed E-state index contributed by atoms with van der Waals surface area (Å²) in [5, 5.41) is 13.3. The second kappa shape index (κ2) is 28.4. The van der Waals surface area contributed by atoms with Crippen LogP contribution < -0.4 is 5.32 Å². The van der Waals surface area contributed by atoms with Crippen molar-refractivity contribution in [2.75, 3.05) is 6.61 Å². The summed E-state index contributed by atoms with van der Waals surface area (Å²) in [4.78, 5) is 30.5. The highest BCUT2D eigenvalue weighted by Crippen LogP contribution is 2.35. The Morgan fingerprint density at radius 2 is 1.10 bits per heavy atom. The first-order valence-corrected chi connectivity index (χ1v) is 18.2. The lowest BCUT2D eigenvalue weighted by Crippen LogP contribution is -2.45. The van der Waals surface area contributed by atoms with Crippen LogP contribution in [-0.4, -0.2) is 39.6 Å². The van der Waals surface area contributed by atoms with Crippen molar-refractivity contribution in [2.45, 2.75) is 180 Å². The molecular formula is C32H64NO6P. The number of aliphatic hydroxyl groups excluding tert-OH is 1. The number of phosphoric ester groups is 1. The maximum absolute atomic E-state index is 12.4. The Morgan fingerprint density at radius 3 is 1.52 bits per heavy atom. The molecule has 0 fully saturated rings. The summed E-state index contributed by atoms with van der Waals surface area (Å²) in [6, 6.07) is -0.901. The molecule has 0 unspecified atom stereocenters. The third-order valence-corrected chi connectivity index (χ3v) is 7.98. The summed E-state index contributed by atoms with van der Waals surface area (Å²) in [5.41, 5.74) is 0. The van der Waals surface area contributed by atoms with Gasteiger partial charge < -0.3 is 20.2 Å². The fourth-order valence-corrected chi connectivity index (χ4v) is 5.28. The molecule has 0 saturated heterocycles. The predicted octanol–water partition coefficient (Wildman–Crippen LogP) is 8.90. The molecule has 0 heterocycles. The van der Waals surface area contributed by atoms with E-state index in [9.17, 15) is 14.5 Å². The first-order chi connectivity index (χ1) is 19.3. The van der Waals surface area contributed by atoms with Crippen LogP contribution in [-0.2, 0) is 13.9 Å². The molecule has 2 atom stereocenters. The molecule has 0 aliphatic carbocycles. The fourth-order valence-electron chi connectivity index (χ4n) is 4.93. The van der Waals surface area contributed by atoms with Gasteiger partial charge in [0, 0.05) is 6.42 Å². The SMILES string of the molecule is CCCCCCCCCCCCCCC/C=C/[C@@H](O)[C@H](COP(=O)(O)O)NC(=O)CCCCCCCCCCC. The molecule has 0 aliphatic heterocycles. The predicted molar refractivity (Wildman–Crippen MR) is 167 cm³/mol. The minimum atomic E-state index is -4.70. The third-order valence-electron chi connectivity index (χ3n) is 7.50. The lowest BCUT2D eigenvalue weighted by molar-refractivity contribution is -0.123. The van der Waals surface area contributed by atoms with Crippen LogP contribution in [0.4, 0.5) is 0 Å². The van der Waals surface area contributed by atoms with Gasteiger partial charge in [-0.15, -0.1) is 0 Å². The highest BCUT2D eigenvalue weighted by atomic mass is 31.2. The van der Waals surface area contributed by atoms with Crippen molar-refractivity contribution in [1.29, 1.82) is 0 Å². The lowest BCUT2D eigenvalue weighted by atomic mass is 10.0. The molecule has 0 aliphatic rings. The summed E-state index contributed by atoms with van der Waals surface area (Å²) in [6.07, 6.45) is 30.9. The van der Waals surface area contributed by atoms with Gasteiger partial charge in [-0.25, -0.2) is 4.57 Å². The molecule has 0 saturated carbocycles. The number of aliphatic hydroxyl groups is 1. The number of allylic oxidation sites excluding steroid dienone is 1. The van der Waals surface area contributed by atoms with Crippen molar-refractivity contribution < 1.29 is 28.8 Å². The van der Waals surface area contributed by atoms with Crippen molar-refractivity contribution in [2.24, 2.45) is 0 Å². The average molecular weight is 590 g/mol. The van der Waals surface area contributed by atoms with Gasteiger partial charge in [-0.05, 0) is 19.3 Å². The second-order valence-electron chi connectivity index (χ2n) is 11.5. The highest BCUT2D eigenvalue weighted by molar-refractivity contribution is 7.46. The van der Waals surface area contributed by atoms with E-state index in [2.05, 4.69) is 23.7 Å². The van der Waals surface area contributed by atoms with Crippen LogP contribution in [0.3, 0.4) is 0 Å². The molecule has 0 aromatic rings. The molecular weight excluding hydrogens is 525 g/mol. The molecule has 40 heavy (non-hydrogen) atoms. The van der Waals surface area contributed by atoms with E-state index in [0.717, 1.165) is 38.5 Å². The molecule has 4 N–H and O–H groups in total. The van der Waals surface area contributed by atoms with E-state index < -0.39 is 26.6 Å². The highest BCUT2D eigenvalue weighted by Gasteiger charge is 2.24. The Kier molecular flexibility index (Phi) is 27.9. The number of nitrogens with one attached hydrogen (secondary N) is 1. The van der Waals surface area contributed by atoms with Gasteiger partial charge >= 0.3 is 7.82 Å². The van der Waals surface area contributed by atoms with Crippen LogP contribution in [0.5, 0.6) is 0 Å². The Balaban J connectivity index is 4.08. The molecule has 0 bridgehead atoms. The number of phosphoric acid groups is 1. The summed E-state index contributed by atoms with van der Waals surface area (Å²) in [5.74, 6) is -0.230. The van der Waals surface area contributed by atoms with E-state index >= 15 is 0 Å². The van der Waals surface area contributed by atoms with Gasteiger partial charge in [0.15, 0.2) is 0 Å². The minimum Gasteiger partial charge on any atom is -0.387 e. The van der Waals surface area contributed by atoms with E-state index in [4.69, 9.17) is 9.79 Å². The molecule has 0 spiro atoms. The largest absolute Gasteiger partial charge is 0.469 e. The Morgan fingerprint density at radius 1 is 0.700 bits per heavy atom. The maximum Gasteiger partial charge on any atom is 0.469 e. The van der Waals surface area contributed by atoms with Crippen LogP contribution >= 0.6 is 7.82 Å². The zero-order valence-corrected chi connectivity index (χ0v) is 26.9. The topological polar surface area (TPSA) is 116 Å². The maximum atomic E-state index is 12.4. The van der Waals surface area contributed by atoms with Gasteiger partial charge in [-0.3, -0.25) is 9.32 Å². The number of unbranched alkanes of at least 4 members (excludes halogenated alkanes) is 21. The van der Waals surface area contributed by atoms with Gasteiger partial charge in [-0.1, -0.05) is 154 Å². The molecule has 0 aromatic heterocycles. The number of hydrogen-bond acceptors (Lipinski definition) is 4. The molecule has 0 aromatic carbocycles. The van der Waals surface area contributed by atoms with Crippen LogP contribution in [0.1, 0.15) is 168 Å². The van der Waals surface area contributed by atoms with Crippen LogP contribution in [0.15, 0.2) is 12.2 Å². The molecule has 0 rings (SSSR count). The number of rotatable bonds is 30. The summed E-state index contributed by atoms with van der Waals surface area (Å²) >= 11 is 0. The number of hydrogen-bond donors (Lipinski definition) is 4. The van der Waals surface area contributed by atoms with Crippen molar-refractivity contribution in [3.8, 4) is 0 Å². The normalized spacial score (nSPS) is 13.6. The van der Waals surface area contributed by atoms with E-state index in [1.807, 2.05) is 6.08 Å². The first-order valence-electron chi connectivity index (χ1n) is 16.6. The Bertz CT molecular complexity index is 639. The van der Waals surface area contributed by atoms with Crippen molar-refractivity contribution in [3.63, 3.8) is 0 Å². The molecule has 0 radical (unpaired) electrons. The summed E-state index contributed by atoms with van der Waals surface area (Å²) in [7, 11) is -4.70. The lowest BCUT2D eigenvalue weighted by Gasteiger charge is -2.22. The Labute approximate surface area is 246 Å². The van der Waals surface area contributed by atoms with Gasteiger partial charge in [0.2, 0.25) is 5.91 Å². The van der Waals surface area contributed by atoms with Gasteiger partial charge in [0.25, 0.3) is 0 Å². The van der Waals surface area contributed by atoms with Crippen molar-refractivity contribution in [3.05, 3.63) is 12.2 Å². The Hall–Kier alpha value is -0.720. The smallest absolute Gasteiger partial charge is 0.387 e. The molecule has 8 heteroatoms. The first kappa shape index (κ1) is 39.3. The molecule has 238 valence electrons. The summed E-state index contributed by atoms with van der Waals surface area (Å²) < 4.78 is 15.8. The van der Waals surface area contributed by atoms with Gasteiger partial charge in [0.05, 0.1) is 18.8 Å². The van der Waals surface area contributed by atoms with Crippen LogP contribution in [0.2, 0.25) is 0 Å². The molecule has 7 nitrogen and oxygen atoms in total. The third kappa shape index (κ3) is 28.8. The zero-order chi connectivity index (χ0) is 29.7. The number of carbonyl (C=O) groups is 1. The van der Waals surface area contributed by atoms with Gasteiger partial charge in [-0.2, -0.15) is 0 Å². The average Bonchev–Trinajstić information content (AvgIpc) is 2.91. The van der Waals surface area contributed by atoms with E-state index in [1.165, 1.54) is 109 Å². The standard InChI is InChI=1S/C32H64NO6P/c1-3-5-7-9-11-13-14-15-16-17-18-20-21-23-25-27-31(34)30(29-39-40(36,37)38)33-32(35)28-26-24-22-19-12-10-8-6-4-2/h25,27,30-31,34H,3-24,26,28-29H2,1-2H3,(H,33,35)(H2,36,37,38)/b27-25+/t30-,31+/m0/s1. The van der Waals surface area contributed by atoms with E-state index in [1.54, 1.807) is 6.08 Å². The number of carbonyl (C=O) groups excluding carboxylic acids is 1. The minimum absolute atomic E-state index is 0.230. The zero-order valence-electron chi connectivity index (χ0n) is 26.0. The number of amides is 1. The fraction of sp³-hybridized carbons (Fsp3) is 0.906. The van der Waals surface area contributed by atoms with Crippen LogP contribution in [0.25, 0.3) is 0 Å². The van der Waals surface area contributed by atoms with E-state index in [-0.39, 0.29) is 5.91 Å². The van der Waals surface area contributed by atoms with Crippen molar-refractivity contribution in [1.82, 2.24) is 5.32 Å².